The molecule has 3 rings (SSSR count). The molecule has 126 valence electrons. The molecule has 0 atom stereocenters. The number of nitrogens with one attached hydrogen (secondary N) is 1. The number of hydrogen-bond donors (Lipinski definition) is 1. The Morgan fingerprint density at radius 3 is 2.16 bits per heavy atom. The van der Waals surface area contributed by atoms with Gasteiger partial charge in [-0.1, -0.05) is 47.5 Å². The second-order valence-electron chi connectivity index (χ2n) is 6.13. The van der Waals surface area contributed by atoms with Crippen molar-refractivity contribution in [3.63, 3.8) is 0 Å². The van der Waals surface area contributed by atoms with E-state index in [1.165, 1.54) is 0 Å². The molecule has 1 amide bonds. The van der Waals surface area contributed by atoms with E-state index in [9.17, 15) is 4.79 Å². The number of aryl methyl sites for hydroxylation is 2. The Morgan fingerprint density at radius 1 is 0.880 bits per heavy atom. The molecule has 0 heterocycles. The molecule has 0 radical (unpaired) electrons. The van der Waals surface area contributed by atoms with Crippen LogP contribution in [0.2, 0.25) is 0 Å². The van der Waals surface area contributed by atoms with E-state index in [-0.39, 0.29) is 5.91 Å². The van der Waals surface area contributed by atoms with Crippen LogP contribution in [0.25, 0.3) is 0 Å². The zero-order chi connectivity index (χ0) is 17.6. The number of benzene rings is 3. The number of amides is 1. The lowest BCUT2D eigenvalue weighted by atomic mass is 10.1. The molecule has 0 fully saturated rings. The lowest BCUT2D eigenvalue weighted by Gasteiger charge is -2.09. The molecular formula is C22H21NO2. The van der Waals surface area contributed by atoms with Crippen LogP contribution < -0.4 is 10.1 Å². The molecule has 0 aliphatic rings. The maximum atomic E-state index is 12.4. The van der Waals surface area contributed by atoms with E-state index >= 15 is 0 Å². The van der Waals surface area contributed by atoms with Crippen molar-refractivity contribution in [3.8, 4) is 5.75 Å². The van der Waals surface area contributed by atoms with Crippen LogP contribution in [-0.2, 0) is 6.61 Å². The summed E-state index contributed by atoms with van der Waals surface area (Å²) >= 11 is 0. The van der Waals surface area contributed by atoms with E-state index in [0.717, 1.165) is 28.1 Å². The van der Waals surface area contributed by atoms with Crippen LogP contribution in [0, 0.1) is 13.8 Å². The number of carbonyl (C=O) groups is 1. The van der Waals surface area contributed by atoms with Crippen LogP contribution >= 0.6 is 0 Å². The summed E-state index contributed by atoms with van der Waals surface area (Å²) in [5, 5.41) is 2.92. The highest BCUT2D eigenvalue weighted by Crippen LogP contribution is 2.18. The highest BCUT2D eigenvalue weighted by atomic mass is 16.5. The SMILES string of the molecule is Cc1cc(C)cc(C(=O)Nc2ccc(OCc3ccccc3)cc2)c1. The third kappa shape index (κ3) is 4.70. The van der Waals surface area contributed by atoms with E-state index < -0.39 is 0 Å². The molecule has 0 spiro atoms. The predicted octanol–water partition coefficient (Wildman–Crippen LogP) is 5.13. The monoisotopic (exact) mass is 331 g/mol. The molecule has 0 aromatic heterocycles. The van der Waals surface area contributed by atoms with Crippen molar-refractivity contribution in [2.24, 2.45) is 0 Å². The van der Waals surface area contributed by atoms with Gasteiger partial charge in [-0.05, 0) is 55.8 Å². The lowest BCUT2D eigenvalue weighted by molar-refractivity contribution is 0.102. The molecule has 3 heteroatoms. The molecule has 0 bridgehead atoms. The van der Waals surface area contributed by atoms with Gasteiger partial charge in [0.25, 0.3) is 5.91 Å². The Bertz CT molecular complexity index is 835. The van der Waals surface area contributed by atoms with Crippen molar-refractivity contribution < 1.29 is 9.53 Å². The molecule has 3 nitrogen and oxygen atoms in total. The summed E-state index contributed by atoms with van der Waals surface area (Å²) in [6.45, 7) is 4.50. The summed E-state index contributed by atoms with van der Waals surface area (Å²) in [6.07, 6.45) is 0. The largest absolute Gasteiger partial charge is 0.489 e. The predicted molar refractivity (Wildman–Crippen MR) is 101 cm³/mol. The fourth-order valence-corrected chi connectivity index (χ4v) is 2.68. The van der Waals surface area contributed by atoms with Gasteiger partial charge in [-0.2, -0.15) is 0 Å². The fourth-order valence-electron chi connectivity index (χ4n) is 2.68. The van der Waals surface area contributed by atoms with Crippen LogP contribution in [0.5, 0.6) is 5.75 Å². The fraction of sp³-hybridized carbons (Fsp3) is 0.136. The van der Waals surface area contributed by atoms with Crippen molar-refractivity contribution in [1.29, 1.82) is 0 Å². The van der Waals surface area contributed by atoms with Gasteiger partial charge in [0.1, 0.15) is 12.4 Å². The maximum absolute atomic E-state index is 12.4. The first kappa shape index (κ1) is 16.8. The van der Waals surface area contributed by atoms with Crippen molar-refractivity contribution in [2.45, 2.75) is 20.5 Å². The number of anilines is 1. The summed E-state index contributed by atoms with van der Waals surface area (Å²) in [7, 11) is 0. The van der Waals surface area contributed by atoms with Crippen molar-refractivity contribution >= 4 is 11.6 Å². The van der Waals surface area contributed by atoms with Gasteiger partial charge < -0.3 is 10.1 Å². The lowest BCUT2D eigenvalue weighted by Crippen LogP contribution is -2.12. The van der Waals surface area contributed by atoms with Gasteiger partial charge in [0, 0.05) is 11.3 Å². The molecule has 25 heavy (non-hydrogen) atoms. The van der Waals surface area contributed by atoms with E-state index in [0.29, 0.717) is 12.2 Å². The summed E-state index contributed by atoms with van der Waals surface area (Å²) in [4.78, 5) is 12.4. The van der Waals surface area contributed by atoms with Crippen molar-refractivity contribution in [1.82, 2.24) is 0 Å². The minimum atomic E-state index is -0.107. The van der Waals surface area contributed by atoms with Gasteiger partial charge in [-0.3, -0.25) is 4.79 Å². The van der Waals surface area contributed by atoms with Gasteiger partial charge >= 0.3 is 0 Å². The molecule has 3 aromatic rings. The van der Waals surface area contributed by atoms with Gasteiger partial charge in [-0.25, -0.2) is 0 Å². The first-order chi connectivity index (χ1) is 12.1. The van der Waals surface area contributed by atoms with Crippen molar-refractivity contribution in [2.75, 3.05) is 5.32 Å². The van der Waals surface area contributed by atoms with E-state index in [4.69, 9.17) is 4.74 Å². The molecule has 0 saturated heterocycles. The van der Waals surface area contributed by atoms with E-state index in [1.807, 2.05) is 80.6 Å². The maximum Gasteiger partial charge on any atom is 0.255 e. The van der Waals surface area contributed by atoms with E-state index in [1.54, 1.807) is 0 Å². The van der Waals surface area contributed by atoms with Crippen LogP contribution in [0.4, 0.5) is 5.69 Å². The highest BCUT2D eigenvalue weighted by molar-refractivity contribution is 6.04. The molecule has 0 aliphatic carbocycles. The number of carbonyl (C=O) groups excluding carboxylic acids is 1. The second kappa shape index (κ2) is 7.67. The smallest absolute Gasteiger partial charge is 0.255 e. The Labute approximate surface area is 148 Å². The zero-order valence-electron chi connectivity index (χ0n) is 14.5. The number of hydrogen-bond acceptors (Lipinski definition) is 2. The van der Waals surface area contributed by atoms with Crippen LogP contribution in [0.1, 0.15) is 27.0 Å². The first-order valence-electron chi connectivity index (χ1n) is 8.26. The number of ether oxygens (including phenoxy) is 1. The molecule has 3 aromatic carbocycles. The Morgan fingerprint density at radius 2 is 1.52 bits per heavy atom. The van der Waals surface area contributed by atoms with Gasteiger partial charge in [0.05, 0.1) is 0 Å². The second-order valence-corrected chi connectivity index (χ2v) is 6.13. The average molecular weight is 331 g/mol. The summed E-state index contributed by atoms with van der Waals surface area (Å²) in [5.74, 6) is 0.665. The Balaban J connectivity index is 1.61. The van der Waals surface area contributed by atoms with Gasteiger partial charge in [0.15, 0.2) is 0 Å². The normalized spacial score (nSPS) is 10.3. The zero-order valence-corrected chi connectivity index (χ0v) is 14.5. The third-order valence-electron chi connectivity index (χ3n) is 3.84. The topological polar surface area (TPSA) is 38.3 Å². The molecule has 0 unspecified atom stereocenters. The average Bonchev–Trinajstić information content (AvgIpc) is 2.61. The van der Waals surface area contributed by atoms with Gasteiger partial charge in [0.2, 0.25) is 0 Å². The van der Waals surface area contributed by atoms with E-state index in [2.05, 4.69) is 11.4 Å². The van der Waals surface area contributed by atoms with Crippen LogP contribution in [0.3, 0.4) is 0 Å². The van der Waals surface area contributed by atoms with Crippen LogP contribution in [0.15, 0.2) is 72.8 Å². The Kier molecular flexibility index (Phi) is 5.14. The number of rotatable bonds is 5. The summed E-state index contributed by atoms with van der Waals surface area (Å²) < 4.78 is 5.76. The van der Waals surface area contributed by atoms with Crippen LogP contribution in [-0.4, -0.2) is 5.91 Å². The Hall–Kier alpha value is -3.07. The standard InChI is InChI=1S/C22H21NO2/c1-16-12-17(2)14-19(13-16)22(24)23-20-8-10-21(11-9-20)25-15-18-6-4-3-5-7-18/h3-14H,15H2,1-2H3,(H,23,24). The van der Waals surface area contributed by atoms with Crippen molar-refractivity contribution in [3.05, 3.63) is 95.1 Å². The minimum Gasteiger partial charge on any atom is -0.489 e. The minimum absolute atomic E-state index is 0.107. The summed E-state index contributed by atoms with van der Waals surface area (Å²) in [6, 6.07) is 23.3. The molecular weight excluding hydrogens is 310 g/mol. The first-order valence-corrected chi connectivity index (χ1v) is 8.26. The highest BCUT2D eigenvalue weighted by Gasteiger charge is 2.07. The summed E-state index contributed by atoms with van der Waals surface area (Å²) in [5.41, 5.74) is 4.69. The molecule has 0 aliphatic heterocycles. The van der Waals surface area contributed by atoms with Gasteiger partial charge in [-0.15, -0.1) is 0 Å². The molecule has 0 saturated carbocycles. The third-order valence-corrected chi connectivity index (χ3v) is 3.84. The molecule has 1 N–H and O–H groups in total. The quantitative estimate of drug-likeness (QED) is 0.703.